The molecule has 40 heteroatoms. The van der Waals surface area contributed by atoms with Gasteiger partial charge in [0.15, 0.2) is 35.1 Å². The molecule has 3 fully saturated rings. The second-order valence-corrected chi connectivity index (χ2v) is 24.6. The fraction of sp³-hybridized carbons (Fsp3) is 0.583. The number of nitrogen functional groups attached to an aromatic ring is 3. The molecule has 6 aromatic heterocycles. The van der Waals surface area contributed by atoms with Gasteiger partial charge >= 0.3 is 31.1 Å². The van der Waals surface area contributed by atoms with Crippen LogP contribution in [-0.4, -0.2) is 159 Å². The number of rotatable bonds is 20. The summed E-state index contributed by atoms with van der Waals surface area (Å²) in [7, 11) is -18.8. The number of imidazole rings is 3. The lowest BCUT2D eigenvalue weighted by molar-refractivity contribution is -0.646. The molecule has 0 bridgehead atoms. The lowest BCUT2D eigenvalue weighted by Gasteiger charge is -2.26. The molecule has 3 aliphatic heterocycles. The quantitative estimate of drug-likeness (QED) is 0.0336. The summed E-state index contributed by atoms with van der Waals surface area (Å²) < 4.78 is 115. The summed E-state index contributed by atoms with van der Waals surface area (Å²) in [5, 5.41) is 32.2. The molecule has 9 rings (SSSR count). The largest absolute Gasteiger partial charge is 0.490 e. The first kappa shape index (κ1) is 55.7. The van der Waals surface area contributed by atoms with Crippen molar-refractivity contribution in [1.82, 2.24) is 53.6 Å². The van der Waals surface area contributed by atoms with E-state index in [4.69, 9.17) is 62.9 Å². The Balaban J connectivity index is 0.872. The first-order valence-corrected chi connectivity index (χ1v) is 28.8. The van der Waals surface area contributed by atoms with E-state index < -0.39 is 124 Å². The molecule has 13 N–H and O–H groups in total. The number of phosphoric acid groups is 3. The highest BCUT2D eigenvalue weighted by atomic mass is 31.3. The molecule has 0 aromatic carbocycles. The fourth-order valence-corrected chi connectivity index (χ4v) is 14.7. The van der Waals surface area contributed by atoms with Crippen LogP contribution in [0.4, 0.5) is 17.7 Å². The van der Waals surface area contributed by atoms with Crippen molar-refractivity contribution in [3.63, 3.8) is 0 Å². The summed E-state index contributed by atoms with van der Waals surface area (Å²) in [5.74, 6) is -1.58. The van der Waals surface area contributed by atoms with Crippen LogP contribution in [0.1, 0.15) is 39.5 Å². The van der Waals surface area contributed by atoms with Gasteiger partial charge in [-0.05, 0) is 5.92 Å². The van der Waals surface area contributed by atoms with E-state index in [2.05, 4.69) is 39.9 Å². The molecule has 76 heavy (non-hydrogen) atoms. The van der Waals surface area contributed by atoms with E-state index in [0.29, 0.717) is 0 Å². The number of ether oxygens (including phenoxy) is 4. The zero-order valence-electron chi connectivity index (χ0n) is 40.3. The highest BCUT2D eigenvalue weighted by molar-refractivity contribution is 7.70. The second kappa shape index (κ2) is 21.0. The number of H-pyrrole nitrogens is 1. The molecule has 16 atom stereocenters. The summed E-state index contributed by atoms with van der Waals surface area (Å²) in [5.41, 5.74) is 17.1. The minimum absolute atomic E-state index is 0.0419. The lowest BCUT2D eigenvalue weighted by Crippen LogP contribution is -2.38. The van der Waals surface area contributed by atoms with E-state index in [-0.39, 0.29) is 68.9 Å². The Labute approximate surface area is 426 Å². The minimum Gasteiger partial charge on any atom is -0.490 e. The Hall–Kier alpha value is -5.03. The third-order valence-corrected chi connectivity index (χ3v) is 19.1. The van der Waals surface area contributed by atoms with Crippen LogP contribution < -0.4 is 27.3 Å². The standard InChI is InChI=1S/C36H51N15O21P4/c1-6-73(56,71-75(59,60)65-7-16-14(2)15(3)32(67-16)51-13-48(4)21-29(51)45-36(39)47-31(21)55)72-76(61,62)66-9-18-24(25(63-5)34(69-18)49-11-42-19-26(37)40-10-41-27(19)49)70-74(57,58)64-8-17-22(52)23(53)33(68-17)50-12-43-20-28(50)44-35(38)46-30(20)54/h10-18,22-25,32-34,52-53H,6-9H2,1-5H3,(H10-,37,38,39,40,41,44,45,46,47,54,55,57,58,59,60,61,62)/p+1/t14?,15?,16-,17-,18-,22?,23?,24?,25?,32-,33-,34-,73?/m1/s1. The maximum absolute atomic E-state index is 13.8. The van der Waals surface area contributed by atoms with Gasteiger partial charge in [-0.15, -0.1) is 0 Å². The molecule has 36 nitrogen and oxygen atoms in total. The molecule has 6 aromatic rings. The van der Waals surface area contributed by atoms with Crippen molar-refractivity contribution in [2.45, 2.75) is 82.2 Å². The fourth-order valence-electron chi connectivity index (χ4n) is 8.87. The zero-order valence-corrected chi connectivity index (χ0v) is 43.9. The smallest absolute Gasteiger partial charge is 0.479 e. The van der Waals surface area contributed by atoms with Crippen LogP contribution in [0.25, 0.3) is 33.5 Å². The van der Waals surface area contributed by atoms with Crippen LogP contribution in [-0.2, 0) is 71.0 Å². The first-order chi connectivity index (χ1) is 35.7. The number of aromatic hydroxyl groups is 1. The average Bonchev–Trinajstić information content (AvgIpc) is 4.22. The molecule has 416 valence electrons. The number of fused-ring (bicyclic) bond motifs is 3. The normalized spacial score (nSPS) is 30.2. The molecular weight excluding hydrogens is 1100 g/mol. The predicted molar refractivity (Wildman–Crippen MR) is 252 cm³/mol. The minimum atomic E-state index is -5.66. The number of phosphoric ester groups is 3. The van der Waals surface area contributed by atoms with Gasteiger partial charge in [0, 0.05) is 19.2 Å². The molecule has 9 heterocycles. The van der Waals surface area contributed by atoms with Gasteiger partial charge in [0.1, 0.15) is 48.5 Å². The van der Waals surface area contributed by atoms with Crippen LogP contribution in [0.5, 0.6) is 5.88 Å². The van der Waals surface area contributed by atoms with Crippen LogP contribution in [0.2, 0.25) is 0 Å². The van der Waals surface area contributed by atoms with Gasteiger partial charge in [-0.3, -0.25) is 41.6 Å². The van der Waals surface area contributed by atoms with Crippen LogP contribution in [0.15, 0.2) is 30.1 Å². The Morgan fingerprint density at radius 3 is 2.00 bits per heavy atom. The molecule has 3 saturated heterocycles. The number of aromatic nitrogens is 12. The van der Waals surface area contributed by atoms with E-state index >= 15 is 0 Å². The number of hydrogen-bond acceptors (Lipinski definition) is 28. The van der Waals surface area contributed by atoms with Gasteiger partial charge in [-0.1, -0.05) is 20.8 Å². The molecule has 10 unspecified atom stereocenters. The number of aryl methyl sites for hydroxylation is 1. The number of methoxy groups -OCH3 is 1. The number of nitrogens with two attached hydrogens (primary N) is 3. The van der Waals surface area contributed by atoms with Gasteiger partial charge in [0.05, 0.1) is 45.6 Å². The summed E-state index contributed by atoms with van der Waals surface area (Å²) in [6, 6.07) is 0. The number of aliphatic hydroxyl groups is 2. The van der Waals surface area contributed by atoms with Gasteiger partial charge in [-0.25, -0.2) is 46.8 Å². The van der Waals surface area contributed by atoms with E-state index in [1.54, 1.807) is 29.4 Å². The third-order valence-electron chi connectivity index (χ3n) is 12.8. The maximum Gasteiger partial charge on any atom is 0.479 e. The van der Waals surface area contributed by atoms with E-state index in [0.717, 1.165) is 31.3 Å². The van der Waals surface area contributed by atoms with Crippen LogP contribution in [0, 0.1) is 11.8 Å². The number of nitrogens with one attached hydrogen (secondary N) is 1. The second-order valence-electron chi connectivity index (χ2n) is 17.6. The van der Waals surface area contributed by atoms with E-state index in [1.165, 1.54) is 10.9 Å². The molecule has 0 saturated carbocycles. The lowest BCUT2D eigenvalue weighted by atomic mass is 9.93. The first-order valence-electron chi connectivity index (χ1n) is 22.6. The average molecular weight is 1150 g/mol. The summed E-state index contributed by atoms with van der Waals surface area (Å²) in [4.78, 5) is 75.7. The Kier molecular flexibility index (Phi) is 15.4. The molecule has 0 aliphatic carbocycles. The van der Waals surface area contributed by atoms with Crippen molar-refractivity contribution in [3.05, 3.63) is 35.7 Å². The Bertz CT molecular complexity index is 3420. The van der Waals surface area contributed by atoms with Crippen molar-refractivity contribution < 1.29 is 98.5 Å². The van der Waals surface area contributed by atoms with Crippen molar-refractivity contribution in [2.75, 3.05) is 50.3 Å². The van der Waals surface area contributed by atoms with Gasteiger partial charge in [0.25, 0.3) is 22.6 Å². The number of nitrogens with zero attached hydrogens (tertiary/aromatic N) is 11. The highest BCUT2D eigenvalue weighted by Gasteiger charge is 2.53. The molecule has 0 radical (unpaired) electrons. The van der Waals surface area contributed by atoms with Crippen LogP contribution >= 0.6 is 31.1 Å². The van der Waals surface area contributed by atoms with E-state index in [1.807, 2.05) is 6.92 Å². The maximum atomic E-state index is 13.8. The summed E-state index contributed by atoms with van der Waals surface area (Å²) >= 11 is 0. The van der Waals surface area contributed by atoms with Crippen molar-refractivity contribution in [1.29, 1.82) is 0 Å². The van der Waals surface area contributed by atoms with E-state index in [9.17, 15) is 53.1 Å². The topological polar surface area (TPSA) is 502 Å². The van der Waals surface area contributed by atoms with Gasteiger partial charge in [0.2, 0.25) is 24.5 Å². The Morgan fingerprint density at radius 2 is 1.33 bits per heavy atom. The monoisotopic (exact) mass is 1150 g/mol. The molecule has 0 amide bonds. The number of aliphatic hydroxyl groups excluding tert-OH is 2. The highest BCUT2D eigenvalue weighted by Crippen LogP contribution is 2.70. The predicted octanol–water partition coefficient (Wildman–Crippen LogP) is -0.635. The number of anilines is 3. The van der Waals surface area contributed by atoms with Crippen molar-refractivity contribution in [3.8, 4) is 5.88 Å². The number of hydrogen-bond donors (Lipinski definition) is 10. The SMILES string of the molecule is CCP(=O)(OP(=O)(O)OC[C@H]1O[C@@H](n2c[n+](C)c3c(O)nc(N)nc32)C(C)C1C)OP(=O)(O)OC[C@H]1O[C@@H](n2cnc3c(N)ncnc32)C(OC)C1OP(=O)(O)OC[C@H]1O[C@@H](n2cnc3c(=O)[nH]c(N)nc32)C(O)C1O. The van der Waals surface area contributed by atoms with Gasteiger partial charge < -0.3 is 66.1 Å². The van der Waals surface area contributed by atoms with Crippen LogP contribution in [0.3, 0.4) is 0 Å². The van der Waals surface area contributed by atoms with Gasteiger partial charge in [-0.2, -0.15) is 19.5 Å². The number of aromatic amines is 1. The van der Waals surface area contributed by atoms with Crippen molar-refractivity contribution in [2.24, 2.45) is 18.9 Å². The summed E-state index contributed by atoms with van der Waals surface area (Å²) in [6.07, 6.45) is -10.3. The molecule has 0 spiro atoms. The molecule has 3 aliphatic rings. The molecular formula is C36H52N15O21P4+. The zero-order chi connectivity index (χ0) is 55.0. The third kappa shape index (κ3) is 10.9. The summed E-state index contributed by atoms with van der Waals surface area (Å²) in [6.45, 7) is 2.09. The van der Waals surface area contributed by atoms with Crippen molar-refractivity contribution >= 4 is 82.3 Å². The Morgan fingerprint density at radius 1 is 0.724 bits per heavy atom.